The van der Waals surface area contributed by atoms with Gasteiger partial charge in [0.05, 0.1) is 6.10 Å². The Bertz CT molecular complexity index is 741. The molecule has 34 heavy (non-hydrogen) atoms. The van der Waals surface area contributed by atoms with Crippen molar-refractivity contribution >= 4 is 5.97 Å². The van der Waals surface area contributed by atoms with Gasteiger partial charge in [-0.15, -0.1) is 0 Å². The highest BCUT2D eigenvalue weighted by molar-refractivity contribution is 5.66. The Balaban J connectivity index is 1.38. The third-order valence-electron chi connectivity index (χ3n) is 11.1. The normalized spacial score (nSPS) is 40.3. The Kier molecular flexibility index (Phi) is 8.22. The van der Waals surface area contributed by atoms with E-state index >= 15 is 0 Å². The number of rotatable bonds is 10. The molecular weight excluding hydrogens is 420 g/mol. The predicted octanol–water partition coefficient (Wildman–Crippen LogP) is 8.28. The first-order chi connectivity index (χ1) is 16.1. The number of aliphatic carboxylic acids is 1. The highest BCUT2D eigenvalue weighted by Gasteiger charge is 2.59. The molecule has 3 heteroatoms. The van der Waals surface area contributed by atoms with Crippen molar-refractivity contribution in [2.24, 2.45) is 46.3 Å². The summed E-state index contributed by atoms with van der Waals surface area (Å²) < 4.78 is 6.13. The first-order valence-electron chi connectivity index (χ1n) is 14.7. The molecule has 0 aromatic carbocycles. The van der Waals surface area contributed by atoms with Crippen LogP contribution in [0.5, 0.6) is 0 Å². The average molecular weight is 473 g/mol. The van der Waals surface area contributed by atoms with Gasteiger partial charge in [0, 0.05) is 13.0 Å². The molecule has 0 saturated heterocycles. The van der Waals surface area contributed by atoms with E-state index in [0.29, 0.717) is 30.0 Å². The van der Waals surface area contributed by atoms with Crippen molar-refractivity contribution in [3.8, 4) is 0 Å². The molecule has 0 aromatic heterocycles. The smallest absolute Gasteiger partial charge is 0.303 e. The summed E-state index contributed by atoms with van der Waals surface area (Å²) in [5.74, 6) is 4.58. The third-order valence-corrected chi connectivity index (χ3v) is 11.1. The van der Waals surface area contributed by atoms with Crippen LogP contribution in [-0.4, -0.2) is 23.8 Å². The van der Waals surface area contributed by atoms with Crippen molar-refractivity contribution in [1.29, 1.82) is 0 Å². The van der Waals surface area contributed by atoms with Crippen molar-refractivity contribution < 1.29 is 14.6 Å². The number of hydrogen-bond acceptors (Lipinski definition) is 2. The maximum absolute atomic E-state index is 10.8. The SMILES string of the molecule is CC(C)CCC[C@@H](C)[C@H]1CC[C@H]2C3CC=C4C[C@@H](OCCCC(=O)O)CC[C@]4(C)[C@H]3CC[C@]12C. The molecule has 8 atom stereocenters. The van der Waals surface area contributed by atoms with E-state index < -0.39 is 5.97 Å². The molecule has 3 saturated carbocycles. The van der Waals surface area contributed by atoms with Crippen LogP contribution in [0.3, 0.4) is 0 Å². The number of ether oxygens (including phenoxy) is 1. The quantitative estimate of drug-likeness (QED) is 0.257. The summed E-state index contributed by atoms with van der Waals surface area (Å²) in [5, 5.41) is 8.87. The van der Waals surface area contributed by atoms with E-state index in [1.165, 1.54) is 57.8 Å². The van der Waals surface area contributed by atoms with Gasteiger partial charge in [-0.3, -0.25) is 4.79 Å². The van der Waals surface area contributed by atoms with Crippen LogP contribution in [0.2, 0.25) is 0 Å². The van der Waals surface area contributed by atoms with Crippen molar-refractivity contribution in [3.63, 3.8) is 0 Å². The van der Waals surface area contributed by atoms with Crippen LogP contribution in [0.15, 0.2) is 11.6 Å². The van der Waals surface area contributed by atoms with Gasteiger partial charge in [0.25, 0.3) is 0 Å². The lowest BCUT2D eigenvalue weighted by Crippen LogP contribution is -2.51. The zero-order valence-electron chi connectivity index (χ0n) is 22.8. The summed E-state index contributed by atoms with van der Waals surface area (Å²) in [6.45, 7) is 13.2. The lowest BCUT2D eigenvalue weighted by Gasteiger charge is -2.58. The maximum Gasteiger partial charge on any atom is 0.303 e. The molecule has 194 valence electrons. The topological polar surface area (TPSA) is 46.5 Å². The van der Waals surface area contributed by atoms with E-state index in [-0.39, 0.29) is 6.42 Å². The van der Waals surface area contributed by atoms with Gasteiger partial charge in [0.15, 0.2) is 0 Å². The van der Waals surface area contributed by atoms with Gasteiger partial charge in [-0.25, -0.2) is 0 Å². The van der Waals surface area contributed by atoms with E-state index in [4.69, 9.17) is 9.84 Å². The molecule has 3 fully saturated rings. The second-order valence-corrected chi connectivity index (χ2v) is 13.5. The van der Waals surface area contributed by atoms with Gasteiger partial charge in [-0.2, -0.15) is 0 Å². The molecule has 4 aliphatic carbocycles. The molecule has 3 nitrogen and oxygen atoms in total. The second kappa shape index (κ2) is 10.7. The van der Waals surface area contributed by atoms with E-state index in [1.807, 2.05) is 0 Å². The lowest BCUT2D eigenvalue weighted by molar-refractivity contribution is -0.137. The zero-order valence-corrected chi connectivity index (χ0v) is 22.8. The summed E-state index contributed by atoms with van der Waals surface area (Å²) in [5.41, 5.74) is 2.60. The fraction of sp³-hybridized carbons (Fsp3) is 0.903. The van der Waals surface area contributed by atoms with E-state index in [0.717, 1.165) is 48.3 Å². The molecule has 1 N–H and O–H groups in total. The summed E-state index contributed by atoms with van der Waals surface area (Å²) in [6, 6.07) is 0. The molecule has 0 aliphatic heterocycles. The van der Waals surface area contributed by atoms with Crippen molar-refractivity contribution in [3.05, 3.63) is 11.6 Å². The summed E-state index contributed by atoms with van der Waals surface area (Å²) in [7, 11) is 0. The Labute approximate surface area is 209 Å². The minimum absolute atomic E-state index is 0.217. The van der Waals surface area contributed by atoms with Gasteiger partial charge >= 0.3 is 5.97 Å². The van der Waals surface area contributed by atoms with Gasteiger partial charge in [-0.1, -0.05) is 65.5 Å². The van der Waals surface area contributed by atoms with Crippen LogP contribution >= 0.6 is 0 Å². The fourth-order valence-electron chi connectivity index (χ4n) is 9.27. The van der Waals surface area contributed by atoms with Crippen LogP contribution in [0.1, 0.15) is 118 Å². The maximum atomic E-state index is 10.8. The van der Waals surface area contributed by atoms with Gasteiger partial charge in [-0.05, 0) is 104 Å². The molecule has 4 aliphatic rings. The molecule has 0 bridgehead atoms. The van der Waals surface area contributed by atoms with Crippen LogP contribution in [-0.2, 0) is 9.53 Å². The van der Waals surface area contributed by atoms with Crippen LogP contribution in [0.4, 0.5) is 0 Å². The number of allylic oxidation sites excluding steroid dienone is 1. The minimum atomic E-state index is -0.718. The number of carboxylic acids is 1. The fourth-order valence-corrected chi connectivity index (χ4v) is 9.27. The Morgan fingerprint density at radius 3 is 2.59 bits per heavy atom. The second-order valence-electron chi connectivity index (χ2n) is 13.5. The largest absolute Gasteiger partial charge is 0.481 e. The molecule has 0 spiro atoms. The molecule has 0 heterocycles. The highest BCUT2D eigenvalue weighted by atomic mass is 16.5. The number of carbonyl (C=O) groups is 1. The van der Waals surface area contributed by atoms with Crippen LogP contribution in [0.25, 0.3) is 0 Å². The molecule has 0 amide bonds. The Morgan fingerprint density at radius 1 is 1.06 bits per heavy atom. The first kappa shape index (κ1) is 26.2. The van der Waals surface area contributed by atoms with Crippen molar-refractivity contribution in [2.75, 3.05) is 6.61 Å². The standard InChI is InChI=1S/C31H52O3/c1-21(2)8-6-9-22(3)26-13-14-27-25-12-11-23-20-24(34-19-7-10-29(32)33)15-17-30(23,4)28(25)16-18-31(26,27)5/h11,21-22,24-28H,6-10,12-20H2,1-5H3,(H,32,33)/t22-,24+,25?,26-,27+,28+,30+,31-/m1/s1. The van der Waals surface area contributed by atoms with Gasteiger partial charge in [0.1, 0.15) is 0 Å². The van der Waals surface area contributed by atoms with Crippen molar-refractivity contribution in [1.82, 2.24) is 0 Å². The molecule has 0 radical (unpaired) electrons. The number of fused-ring (bicyclic) bond motifs is 5. The predicted molar refractivity (Wildman–Crippen MR) is 140 cm³/mol. The number of carboxylic acid groups (broad SMARTS) is 1. The first-order valence-corrected chi connectivity index (χ1v) is 14.7. The highest BCUT2D eigenvalue weighted by Crippen LogP contribution is 2.67. The average Bonchev–Trinajstić information content (AvgIpc) is 3.13. The number of hydrogen-bond donors (Lipinski definition) is 1. The van der Waals surface area contributed by atoms with Crippen LogP contribution < -0.4 is 0 Å². The monoisotopic (exact) mass is 472 g/mol. The Morgan fingerprint density at radius 2 is 1.85 bits per heavy atom. The Hall–Kier alpha value is -0.830. The van der Waals surface area contributed by atoms with E-state index in [9.17, 15) is 4.79 Å². The molecule has 1 unspecified atom stereocenters. The summed E-state index contributed by atoms with van der Waals surface area (Å²) in [6.07, 6.45) is 18.5. The molecule has 4 rings (SSSR count). The summed E-state index contributed by atoms with van der Waals surface area (Å²) in [4.78, 5) is 10.8. The van der Waals surface area contributed by atoms with Gasteiger partial charge < -0.3 is 9.84 Å². The third kappa shape index (κ3) is 5.16. The zero-order chi connectivity index (χ0) is 24.5. The molecule has 0 aromatic rings. The molecular formula is C31H52O3. The van der Waals surface area contributed by atoms with Gasteiger partial charge in [0.2, 0.25) is 0 Å². The van der Waals surface area contributed by atoms with E-state index in [2.05, 4.69) is 40.7 Å². The summed E-state index contributed by atoms with van der Waals surface area (Å²) >= 11 is 0. The minimum Gasteiger partial charge on any atom is -0.481 e. The van der Waals surface area contributed by atoms with Crippen molar-refractivity contribution in [2.45, 2.75) is 124 Å². The van der Waals surface area contributed by atoms with E-state index in [1.54, 1.807) is 5.57 Å². The van der Waals surface area contributed by atoms with Crippen LogP contribution in [0, 0.1) is 46.3 Å². The lowest BCUT2D eigenvalue weighted by atomic mass is 9.47.